The van der Waals surface area contributed by atoms with Crippen LogP contribution in [0, 0.1) is 0 Å². The van der Waals surface area contributed by atoms with Crippen LogP contribution >= 0.6 is 23.2 Å². The van der Waals surface area contributed by atoms with E-state index in [9.17, 15) is 18.0 Å². The predicted octanol–water partition coefficient (Wildman–Crippen LogP) is 4.40. The molecule has 0 bridgehead atoms. The Morgan fingerprint density at radius 3 is 2.74 bits per heavy atom. The standard InChI is InChI=1S/C27H27Cl2N5O4S/c28-20-13-12-19(15-21(20)29)39(37,38)34-23-8-2-1-7-22(23)33-27(36)24(34)16-31-25(35)9-3-6-18-11-10-17-5-4-14-30-26(17)32-18/h1-2,7-8,10-13,15,24H,3-6,9,14,16H2,(H,30,32)(H,31,35)(H,33,36)/t24-/m1/s1. The van der Waals surface area contributed by atoms with E-state index >= 15 is 0 Å². The van der Waals surface area contributed by atoms with Crippen LogP contribution in [0.25, 0.3) is 0 Å². The number of carbonyl (C=O) groups excluding carboxylic acids is 2. The lowest BCUT2D eigenvalue weighted by atomic mass is 10.1. The van der Waals surface area contributed by atoms with E-state index in [0.29, 0.717) is 18.5 Å². The molecular weight excluding hydrogens is 561 g/mol. The number of rotatable bonds is 8. The molecule has 5 rings (SSSR count). The SMILES string of the molecule is O=C(CCCc1ccc2c(n1)NCCC2)NC[C@@H]1C(=O)Nc2ccccc2N1S(=O)(=O)c1ccc(Cl)c(Cl)c1. The van der Waals surface area contributed by atoms with Crippen LogP contribution in [0.2, 0.25) is 10.0 Å². The molecule has 2 aliphatic rings. The van der Waals surface area contributed by atoms with Crippen molar-refractivity contribution in [1.82, 2.24) is 10.3 Å². The van der Waals surface area contributed by atoms with Gasteiger partial charge in [-0.15, -0.1) is 0 Å². The number of para-hydroxylation sites is 2. The van der Waals surface area contributed by atoms with Crippen LogP contribution in [0.4, 0.5) is 17.2 Å². The van der Waals surface area contributed by atoms with Crippen LogP contribution in [0.1, 0.15) is 30.5 Å². The summed E-state index contributed by atoms with van der Waals surface area (Å²) >= 11 is 12.1. The van der Waals surface area contributed by atoms with E-state index in [4.69, 9.17) is 23.2 Å². The number of fused-ring (bicyclic) bond motifs is 2. The Morgan fingerprint density at radius 1 is 1.10 bits per heavy atom. The van der Waals surface area contributed by atoms with Gasteiger partial charge < -0.3 is 16.0 Å². The summed E-state index contributed by atoms with van der Waals surface area (Å²) in [5.41, 5.74) is 2.74. The molecule has 0 unspecified atom stereocenters. The van der Waals surface area contributed by atoms with Crippen molar-refractivity contribution >= 4 is 62.2 Å². The zero-order valence-electron chi connectivity index (χ0n) is 20.9. The van der Waals surface area contributed by atoms with E-state index in [-0.39, 0.29) is 39.5 Å². The van der Waals surface area contributed by atoms with Crippen molar-refractivity contribution in [3.05, 3.63) is 75.9 Å². The fraction of sp³-hybridized carbons (Fsp3) is 0.296. The van der Waals surface area contributed by atoms with Gasteiger partial charge in [0.1, 0.15) is 11.9 Å². The predicted molar refractivity (Wildman–Crippen MR) is 152 cm³/mol. The molecule has 3 aromatic rings. The van der Waals surface area contributed by atoms with Crippen molar-refractivity contribution in [2.75, 3.05) is 28.0 Å². The minimum Gasteiger partial charge on any atom is -0.370 e. The Morgan fingerprint density at radius 2 is 1.92 bits per heavy atom. The largest absolute Gasteiger partial charge is 0.370 e. The fourth-order valence-corrected chi connectivity index (χ4v) is 6.74. The molecule has 2 amide bonds. The smallest absolute Gasteiger partial charge is 0.265 e. The van der Waals surface area contributed by atoms with Gasteiger partial charge in [0, 0.05) is 25.2 Å². The molecule has 0 saturated carbocycles. The normalized spacial score (nSPS) is 16.5. The Kier molecular flexibility index (Phi) is 7.97. The molecule has 2 aliphatic heterocycles. The summed E-state index contributed by atoms with van der Waals surface area (Å²) in [5.74, 6) is 0.0723. The van der Waals surface area contributed by atoms with Gasteiger partial charge in [0.05, 0.1) is 26.3 Å². The number of hydrogen-bond donors (Lipinski definition) is 3. The number of nitrogens with one attached hydrogen (secondary N) is 3. The third kappa shape index (κ3) is 5.83. The molecule has 0 aliphatic carbocycles. The summed E-state index contributed by atoms with van der Waals surface area (Å²) in [5, 5.41) is 9.06. The van der Waals surface area contributed by atoms with Gasteiger partial charge in [0.15, 0.2) is 0 Å². The number of hydrogen-bond acceptors (Lipinski definition) is 6. The zero-order valence-corrected chi connectivity index (χ0v) is 23.2. The van der Waals surface area contributed by atoms with Crippen molar-refractivity contribution in [2.45, 2.75) is 43.0 Å². The lowest BCUT2D eigenvalue weighted by Gasteiger charge is -2.37. The molecule has 0 fully saturated rings. The highest BCUT2D eigenvalue weighted by molar-refractivity contribution is 7.93. The van der Waals surface area contributed by atoms with E-state index in [1.807, 2.05) is 6.07 Å². The maximum Gasteiger partial charge on any atom is 0.265 e. The van der Waals surface area contributed by atoms with Crippen LogP contribution < -0.4 is 20.3 Å². The molecule has 9 nitrogen and oxygen atoms in total. The Hall–Kier alpha value is -3.34. The van der Waals surface area contributed by atoms with Crippen LogP contribution in [-0.4, -0.2) is 44.3 Å². The molecule has 3 heterocycles. The molecular formula is C27H27Cl2N5O4S. The minimum absolute atomic E-state index is 0.0709. The van der Waals surface area contributed by atoms with Crippen molar-refractivity contribution in [1.29, 1.82) is 0 Å². The Labute approximate surface area is 237 Å². The maximum absolute atomic E-state index is 13.8. The summed E-state index contributed by atoms with van der Waals surface area (Å²) in [6, 6.07) is 13.4. The van der Waals surface area contributed by atoms with Crippen molar-refractivity contribution in [3.63, 3.8) is 0 Å². The lowest BCUT2D eigenvalue weighted by molar-refractivity contribution is -0.121. The number of aryl methyl sites for hydroxylation is 2. The number of sulfonamides is 1. The van der Waals surface area contributed by atoms with Crippen LogP contribution in [0.15, 0.2) is 59.5 Å². The van der Waals surface area contributed by atoms with Crippen LogP contribution in [0.5, 0.6) is 0 Å². The number of pyridine rings is 1. The van der Waals surface area contributed by atoms with Gasteiger partial charge in [0.25, 0.3) is 10.0 Å². The van der Waals surface area contributed by atoms with E-state index in [1.165, 1.54) is 23.8 Å². The topological polar surface area (TPSA) is 120 Å². The average molecular weight is 589 g/mol. The maximum atomic E-state index is 13.8. The van der Waals surface area contributed by atoms with Gasteiger partial charge in [-0.1, -0.05) is 41.4 Å². The summed E-state index contributed by atoms with van der Waals surface area (Å²) in [6.07, 6.45) is 3.48. The highest BCUT2D eigenvalue weighted by atomic mass is 35.5. The van der Waals surface area contributed by atoms with Crippen LogP contribution in [-0.2, 0) is 32.5 Å². The van der Waals surface area contributed by atoms with Gasteiger partial charge in [-0.2, -0.15) is 0 Å². The van der Waals surface area contributed by atoms with Gasteiger partial charge >= 0.3 is 0 Å². The summed E-state index contributed by atoms with van der Waals surface area (Å²) in [6.45, 7) is 0.698. The van der Waals surface area contributed by atoms with Gasteiger partial charge in [-0.3, -0.25) is 9.59 Å². The molecule has 1 atom stereocenters. The molecule has 1 aromatic heterocycles. The number of amides is 2. The second-order valence-corrected chi connectivity index (χ2v) is 12.0. The molecule has 204 valence electrons. The molecule has 2 aromatic carbocycles. The summed E-state index contributed by atoms with van der Waals surface area (Å²) < 4.78 is 28.6. The molecule has 0 radical (unpaired) electrons. The Bertz CT molecular complexity index is 1530. The first kappa shape index (κ1) is 27.2. The second kappa shape index (κ2) is 11.4. The number of carbonyl (C=O) groups is 2. The third-order valence-corrected chi connectivity index (χ3v) is 9.27. The van der Waals surface area contributed by atoms with Gasteiger partial charge in [-0.25, -0.2) is 17.7 Å². The lowest BCUT2D eigenvalue weighted by Crippen LogP contribution is -2.55. The average Bonchev–Trinajstić information content (AvgIpc) is 2.92. The molecule has 0 spiro atoms. The first-order valence-corrected chi connectivity index (χ1v) is 14.8. The summed E-state index contributed by atoms with van der Waals surface area (Å²) in [7, 11) is -4.24. The number of anilines is 3. The first-order valence-electron chi connectivity index (χ1n) is 12.6. The molecule has 0 saturated heterocycles. The molecule has 12 heteroatoms. The van der Waals surface area contributed by atoms with Gasteiger partial charge in [0.2, 0.25) is 11.8 Å². The van der Waals surface area contributed by atoms with E-state index in [2.05, 4.69) is 27.0 Å². The zero-order chi connectivity index (χ0) is 27.6. The fourth-order valence-electron chi connectivity index (χ4n) is 4.72. The highest BCUT2D eigenvalue weighted by Gasteiger charge is 2.41. The molecule has 39 heavy (non-hydrogen) atoms. The number of aromatic nitrogens is 1. The van der Waals surface area contributed by atoms with E-state index in [0.717, 1.165) is 35.2 Å². The van der Waals surface area contributed by atoms with Gasteiger partial charge in [-0.05, 0) is 67.6 Å². The monoisotopic (exact) mass is 587 g/mol. The molecule has 3 N–H and O–H groups in total. The van der Waals surface area contributed by atoms with E-state index < -0.39 is 22.0 Å². The van der Waals surface area contributed by atoms with Crippen molar-refractivity contribution in [2.24, 2.45) is 0 Å². The summed E-state index contributed by atoms with van der Waals surface area (Å²) in [4.78, 5) is 30.3. The minimum atomic E-state index is -4.24. The van der Waals surface area contributed by atoms with E-state index in [1.54, 1.807) is 24.3 Å². The number of halogens is 2. The quantitative estimate of drug-likeness (QED) is 0.359. The third-order valence-electron chi connectivity index (χ3n) is 6.71. The second-order valence-electron chi connectivity index (χ2n) is 9.40. The number of benzene rings is 2. The van der Waals surface area contributed by atoms with Crippen molar-refractivity contribution in [3.8, 4) is 0 Å². The van der Waals surface area contributed by atoms with Crippen LogP contribution in [0.3, 0.4) is 0 Å². The Balaban J connectivity index is 1.28. The number of nitrogens with zero attached hydrogens (tertiary/aromatic N) is 2. The first-order chi connectivity index (χ1) is 18.7. The highest BCUT2D eigenvalue weighted by Crippen LogP contribution is 2.37. The van der Waals surface area contributed by atoms with Crippen molar-refractivity contribution < 1.29 is 18.0 Å².